The van der Waals surface area contributed by atoms with E-state index < -0.39 is 11.9 Å². The van der Waals surface area contributed by atoms with Crippen molar-refractivity contribution in [1.82, 2.24) is 30.0 Å². The molecule has 0 spiro atoms. The Morgan fingerprint density at radius 2 is 0.909 bits per heavy atom. The topological polar surface area (TPSA) is 114 Å². The minimum atomic E-state index is -0.513. The van der Waals surface area contributed by atoms with Crippen molar-refractivity contribution in [3.05, 3.63) is 141 Å². The van der Waals surface area contributed by atoms with Gasteiger partial charge in [-0.3, -0.25) is 0 Å². The Morgan fingerprint density at radius 1 is 0.545 bits per heavy atom. The Morgan fingerprint density at radius 3 is 1.27 bits per heavy atom. The molecule has 6 rings (SSSR count). The average molecular weight is 714 g/mol. The lowest BCUT2D eigenvalue weighted by Gasteiger charge is -2.11. The SMILES string of the molecule is O=C(OCc1c(-c2nnn(-c3ccccc3)c2COC(=O)c2ccc(Br)cc2)nnn1-c1ccccc1)c1ccc(Br)cc1. The molecule has 0 radical (unpaired) electrons. The molecule has 0 amide bonds. The first-order valence-electron chi connectivity index (χ1n) is 13.3. The minimum Gasteiger partial charge on any atom is -0.455 e. The number of nitrogens with zero attached hydrogens (tertiary/aromatic N) is 6. The van der Waals surface area contributed by atoms with E-state index in [4.69, 9.17) is 9.47 Å². The van der Waals surface area contributed by atoms with E-state index in [9.17, 15) is 9.59 Å². The first-order valence-corrected chi connectivity index (χ1v) is 14.9. The van der Waals surface area contributed by atoms with Gasteiger partial charge >= 0.3 is 11.9 Å². The number of rotatable bonds is 9. The minimum absolute atomic E-state index is 0.164. The van der Waals surface area contributed by atoms with E-state index in [1.165, 1.54) is 0 Å². The number of ether oxygens (including phenoxy) is 2. The second kappa shape index (κ2) is 13.1. The summed E-state index contributed by atoms with van der Waals surface area (Å²) in [7, 11) is 0. The van der Waals surface area contributed by atoms with Crippen molar-refractivity contribution in [2.24, 2.45) is 0 Å². The van der Waals surface area contributed by atoms with Gasteiger partial charge in [-0.1, -0.05) is 78.7 Å². The molecule has 0 fully saturated rings. The highest BCUT2D eigenvalue weighted by atomic mass is 79.9. The Kier molecular flexibility index (Phi) is 8.71. The molecule has 12 heteroatoms. The van der Waals surface area contributed by atoms with E-state index >= 15 is 0 Å². The van der Waals surface area contributed by atoms with Crippen molar-refractivity contribution in [3.63, 3.8) is 0 Å². The summed E-state index contributed by atoms with van der Waals surface area (Å²) >= 11 is 6.76. The highest BCUT2D eigenvalue weighted by Gasteiger charge is 2.26. The van der Waals surface area contributed by atoms with E-state index in [1.807, 2.05) is 60.7 Å². The zero-order valence-electron chi connectivity index (χ0n) is 22.9. The molecule has 0 bridgehead atoms. The quantitative estimate of drug-likeness (QED) is 0.151. The van der Waals surface area contributed by atoms with Crippen LogP contribution in [0.4, 0.5) is 0 Å². The van der Waals surface area contributed by atoms with Crippen LogP contribution in [0.3, 0.4) is 0 Å². The maximum Gasteiger partial charge on any atom is 0.338 e. The lowest BCUT2D eigenvalue weighted by atomic mass is 10.2. The van der Waals surface area contributed by atoms with Gasteiger partial charge in [-0.15, -0.1) is 10.2 Å². The van der Waals surface area contributed by atoms with Gasteiger partial charge in [-0.25, -0.2) is 19.0 Å². The number of aromatic nitrogens is 6. The maximum atomic E-state index is 13.0. The van der Waals surface area contributed by atoms with Crippen LogP contribution in [0.25, 0.3) is 22.8 Å². The summed E-state index contributed by atoms with van der Waals surface area (Å²) in [6.07, 6.45) is 0. The summed E-state index contributed by atoms with van der Waals surface area (Å²) in [4.78, 5) is 25.9. The molecule has 0 aliphatic carbocycles. The van der Waals surface area contributed by atoms with E-state index in [0.29, 0.717) is 45.3 Å². The lowest BCUT2D eigenvalue weighted by Crippen LogP contribution is -2.11. The Hall–Kier alpha value is -4.94. The smallest absolute Gasteiger partial charge is 0.338 e. The largest absolute Gasteiger partial charge is 0.455 e. The molecule has 0 saturated carbocycles. The summed E-state index contributed by atoms with van der Waals surface area (Å²) in [5.74, 6) is -1.03. The van der Waals surface area contributed by atoms with Crippen LogP contribution in [-0.4, -0.2) is 41.9 Å². The third-order valence-corrected chi connectivity index (χ3v) is 7.65. The molecular weight excluding hydrogens is 692 g/mol. The molecule has 0 aliphatic rings. The lowest BCUT2D eigenvalue weighted by molar-refractivity contribution is 0.0455. The van der Waals surface area contributed by atoms with Crippen molar-refractivity contribution in [2.75, 3.05) is 0 Å². The van der Waals surface area contributed by atoms with Gasteiger partial charge in [0.1, 0.15) is 36.0 Å². The molecule has 2 aromatic heterocycles. The third kappa shape index (κ3) is 6.36. The van der Waals surface area contributed by atoms with Crippen LogP contribution in [-0.2, 0) is 22.7 Å². The monoisotopic (exact) mass is 712 g/mol. The molecule has 4 aromatic carbocycles. The fourth-order valence-electron chi connectivity index (χ4n) is 4.39. The predicted molar refractivity (Wildman–Crippen MR) is 168 cm³/mol. The fourth-order valence-corrected chi connectivity index (χ4v) is 4.92. The molecule has 0 aliphatic heterocycles. The first kappa shape index (κ1) is 29.1. The fraction of sp³-hybridized carbons (Fsp3) is 0.0625. The second-order valence-electron chi connectivity index (χ2n) is 9.43. The van der Waals surface area contributed by atoms with Gasteiger partial charge in [0.2, 0.25) is 0 Å². The van der Waals surface area contributed by atoms with Crippen LogP contribution in [0.2, 0.25) is 0 Å². The Bertz CT molecular complexity index is 1770. The van der Waals surface area contributed by atoms with Crippen molar-refractivity contribution in [3.8, 4) is 22.8 Å². The van der Waals surface area contributed by atoms with Crippen LogP contribution in [0.1, 0.15) is 32.1 Å². The van der Waals surface area contributed by atoms with Gasteiger partial charge < -0.3 is 9.47 Å². The number of carbonyl (C=O) groups excluding carboxylic acids is 2. The number of benzene rings is 4. The number of hydrogen-bond donors (Lipinski definition) is 0. The molecule has 44 heavy (non-hydrogen) atoms. The highest BCUT2D eigenvalue weighted by Crippen LogP contribution is 2.28. The number of carbonyl (C=O) groups is 2. The van der Waals surface area contributed by atoms with Gasteiger partial charge in [0.25, 0.3) is 0 Å². The molecule has 6 aromatic rings. The van der Waals surface area contributed by atoms with E-state index in [0.717, 1.165) is 8.95 Å². The number of esters is 2. The molecule has 10 nitrogen and oxygen atoms in total. The number of halogens is 2. The second-order valence-corrected chi connectivity index (χ2v) is 11.3. The first-order chi connectivity index (χ1) is 21.5. The molecule has 0 saturated heterocycles. The third-order valence-electron chi connectivity index (χ3n) is 6.59. The van der Waals surface area contributed by atoms with Gasteiger partial charge in [0, 0.05) is 8.95 Å². The summed E-state index contributed by atoms with van der Waals surface area (Å²) in [5.41, 5.74) is 3.78. The zero-order valence-corrected chi connectivity index (χ0v) is 26.1. The molecule has 0 unspecified atom stereocenters. The van der Waals surface area contributed by atoms with Gasteiger partial charge in [0.05, 0.1) is 22.5 Å². The van der Waals surface area contributed by atoms with Gasteiger partial charge in [0.15, 0.2) is 0 Å². The number of hydrogen-bond acceptors (Lipinski definition) is 8. The van der Waals surface area contributed by atoms with E-state index in [-0.39, 0.29) is 13.2 Å². The summed E-state index contributed by atoms with van der Waals surface area (Å²) in [5, 5.41) is 17.6. The van der Waals surface area contributed by atoms with Crippen molar-refractivity contribution < 1.29 is 19.1 Å². The molecule has 0 N–H and O–H groups in total. The van der Waals surface area contributed by atoms with Crippen LogP contribution >= 0.6 is 31.9 Å². The maximum absolute atomic E-state index is 13.0. The Balaban J connectivity index is 1.39. The van der Waals surface area contributed by atoms with Gasteiger partial charge in [-0.05, 0) is 72.8 Å². The van der Waals surface area contributed by atoms with Crippen LogP contribution < -0.4 is 0 Å². The van der Waals surface area contributed by atoms with Crippen molar-refractivity contribution in [1.29, 1.82) is 0 Å². The zero-order chi connectivity index (χ0) is 30.5. The van der Waals surface area contributed by atoms with Crippen LogP contribution in [0, 0.1) is 0 Å². The van der Waals surface area contributed by atoms with Crippen LogP contribution in [0.15, 0.2) is 118 Å². The van der Waals surface area contributed by atoms with Crippen LogP contribution in [0.5, 0.6) is 0 Å². The number of para-hydroxylation sites is 2. The van der Waals surface area contributed by atoms with Crippen molar-refractivity contribution >= 4 is 43.8 Å². The Labute approximate surface area is 268 Å². The predicted octanol–water partition coefficient (Wildman–Crippen LogP) is 6.75. The molecule has 218 valence electrons. The summed E-state index contributed by atoms with van der Waals surface area (Å²) < 4.78 is 16.3. The molecular formula is C32H22Br2N6O4. The molecule has 0 atom stereocenters. The molecule has 2 heterocycles. The summed E-state index contributed by atoms with van der Waals surface area (Å²) in [6.45, 7) is -0.328. The highest BCUT2D eigenvalue weighted by molar-refractivity contribution is 9.10. The van der Waals surface area contributed by atoms with E-state index in [2.05, 4.69) is 52.5 Å². The normalized spacial score (nSPS) is 10.9. The standard InChI is InChI=1S/C32H22Br2N6O4/c33-23-15-11-21(12-16-23)31(41)43-19-27-29(35-37-39(27)25-7-3-1-4-8-25)30-28(40(38-36-30)26-9-5-2-6-10-26)20-44-32(42)22-13-17-24(34)18-14-22/h1-18H,19-20H2. The van der Waals surface area contributed by atoms with Gasteiger partial charge in [-0.2, -0.15) is 0 Å². The van der Waals surface area contributed by atoms with Crippen molar-refractivity contribution in [2.45, 2.75) is 13.2 Å². The van der Waals surface area contributed by atoms with E-state index in [1.54, 1.807) is 57.9 Å². The average Bonchev–Trinajstić information content (AvgIpc) is 3.68. The summed E-state index contributed by atoms with van der Waals surface area (Å²) in [6, 6.07) is 32.4.